The van der Waals surface area contributed by atoms with E-state index in [0.717, 1.165) is 38.0 Å². The fourth-order valence-electron chi connectivity index (χ4n) is 2.72. The predicted octanol–water partition coefficient (Wildman–Crippen LogP) is 3.43. The first-order valence-corrected chi connectivity index (χ1v) is 6.85. The zero-order valence-electron chi connectivity index (χ0n) is 11.0. The van der Waals surface area contributed by atoms with E-state index in [-0.39, 0.29) is 5.82 Å². The molecule has 1 aliphatic heterocycles. The lowest BCUT2D eigenvalue weighted by Gasteiger charge is -2.28. The Morgan fingerprint density at radius 3 is 2.68 bits per heavy atom. The van der Waals surface area contributed by atoms with Gasteiger partial charge in [-0.1, -0.05) is 36.4 Å². The number of rotatable bonds is 3. The minimum atomic E-state index is -0.138. The van der Waals surface area contributed by atoms with Gasteiger partial charge in [0.25, 0.3) is 0 Å². The Bertz CT molecular complexity index is 565. The molecule has 0 saturated heterocycles. The summed E-state index contributed by atoms with van der Waals surface area (Å²) < 4.78 is 13.1. The summed E-state index contributed by atoms with van der Waals surface area (Å²) in [6, 6.07) is 15.6. The molecular formula is C17H18FN. The van der Waals surface area contributed by atoms with E-state index in [1.165, 1.54) is 17.2 Å². The van der Waals surface area contributed by atoms with Gasteiger partial charge in [0.2, 0.25) is 0 Å². The Morgan fingerprint density at radius 1 is 1.00 bits per heavy atom. The molecule has 19 heavy (non-hydrogen) atoms. The predicted molar refractivity (Wildman–Crippen MR) is 75.5 cm³/mol. The molecule has 0 unspecified atom stereocenters. The minimum absolute atomic E-state index is 0.138. The van der Waals surface area contributed by atoms with Crippen molar-refractivity contribution in [3.63, 3.8) is 0 Å². The molecule has 0 aromatic heterocycles. The van der Waals surface area contributed by atoms with Crippen molar-refractivity contribution in [1.82, 2.24) is 4.90 Å². The van der Waals surface area contributed by atoms with Crippen LogP contribution in [0.2, 0.25) is 0 Å². The number of nitrogens with zero attached hydrogens (tertiary/aromatic N) is 1. The van der Waals surface area contributed by atoms with Gasteiger partial charge in [-0.25, -0.2) is 4.39 Å². The van der Waals surface area contributed by atoms with Crippen LogP contribution in [-0.4, -0.2) is 18.0 Å². The highest BCUT2D eigenvalue weighted by molar-refractivity contribution is 5.29. The van der Waals surface area contributed by atoms with E-state index in [4.69, 9.17) is 0 Å². The maximum Gasteiger partial charge on any atom is 0.123 e. The maximum absolute atomic E-state index is 13.1. The van der Waals surface area contributed by atoms with E-state index >= 15 is 0 Å². The van der Waals surface area contributed by atoms with Crippen LogP contribution in [0.1, 0.15) is 16.7 Å². The van der Waals surface area contributed by atoms with Crippen molar-refractivity contribution >= 4 is 0 Å². The van der Waals surface area contributed by atoms with E-state index in [1.807, 2.05) is 6.07 Å². The number of fused-ring (bicyclic) bond motifs is 1. The molecule has 0 N–H and O–H groups in total. The normalized spacial score (nSPS) is 15.2. The van der Waals surface area contributed by atoms with Crippen LogP contribution in [0.3, 0.4) is 0 Å². The number of benzene rings is 2. The molecule has 0 atom stereocenters. The van der Waals surface area contributed by atoms with Gasteiger partial charge in [0, 0.05) is 19.6 Å². The van der Waals surface area contributed by atoms with Crippen molar-refractivity contribution in [1.29, 1.82) is 0 Å². The number of hydrogen-bond acceptors (Lipinski definition) is 1. The lowest BCUT2D eigenvalue weighted by molar-refractivity contribution is 0.257. The first kappa shape index (κ1) is 12.4. The van der Waals surface area contributed by atoms with Crippen molar-refractivity contribution in [2.24, 2.45) is 0 Å². The summed E-state index contributed by atoms with van der Waals surface area (Å²) in [6.45, 7) is 3.12. The molecule has 0 saturated carbocycles. The molecule has 0 aliphatic carbocycles. The summed E-state index contributed by atoms with van der Waals surface area (Å²) in [6.07, 6.45) is 2.04. The Morgan fingerprint density at radius 2 is 1.84 bits per heavy atom. The molecule has 2 heteroatoms. The SMILES string of the molecule is Fc1cccc(CCN2CCc3ccccc3C2)c1. The quantitative estimate of drug-likeness (QED) is 0.812. The Labute approximate surface area is 113 Å². The second-order valence-electron chi connectivity index (χ2n) is 5.17. The van der Waals surface area contributed by atoms with Crippen LogP contribution >= 0.6 is 0 Å². The van der Waals surface area contributed by atoms with Gasteiger partial charge >= 0.3 is 0 Å². The van der Waals surface area contributed by atoms with Gasteiger partial charge in [-0.2, -0.15) is 0 Å². The summed E-state index contributed by atoms with van der Waals surface area (Å²) in [5.74, 6) is -0.138. The van der Waals surface area contributed by atoms with Crippen LogP contribution in [0.4, 0.5) is 4.39 Å². The van der Waals surface area contributed by atoms with Gasteiger partial charge in [0.1, 0.15) is 5.82 Å². The standard InChI is InChI=1S/C17H18FN/c18-17-7-3-4-14(12-17)8-10-19-11-9-15-5-1-2-6-16(15)13-19/h1-7,12H,8-11,13H2. The minimum Gasteiger partial charge on any atom is -0.298 e. The molecule has 1 nitrogen and oxygen atoms in total. The Kier molecular flexibility index (Phi) is 3.60. The lowest BCUT2D eigenvalue weighted by Crippen LogP contribution is -2.32. The maximum atomic E-state index is 13.1. The van der Waals surface area contributed by atoms with Crippen LogP contribution < -0.4 is 0 Å². The van der Waals surface area contributed by atoms with Crippen molar-refractivity contribution in [2.75, 3.05) is 13.1 Å². The zero-order valence-corrected chi connectivity index (χ0v) is 11.0. The molecule has 2 aromatic rings. The number of hydrogen-bond donors (Lipinski definition) is 0. The highest BCUT2D eigenvalue weighted by atomic mass is 19.1. The molecule has 0 fully saturated rings. The monoisotopic (exact) mass is 255 g/mol. The third-order valence-corrected chi connectivity index (χ3v) is 3.82. The second kappa shape index (κ2) is 5.54. The topological polar surface area (TPSA) is 3.24 Å². The summed E-state index contributed by atoms with van der Waals surface area (Å²) in [5, 5.41) is 0. The van der Waals surface area contributed by atoms with Crippen molar-refractivity contribution in [3.8, 4) is 0 Å². The van der Waals surface area contributed by atoms with Gasteiger partial charge < -0.3 is 0 Å². The Hall–Kier alpha value is -1.67. The largest absolute Gasteiger partial charge is 0.298 e. The Balaban J connectivity index is 1.61. The van der Waals surface area contributed by atoms with Crippen LogP contribution in [0.5, 0.6) is 0 Å². The number of halogens is 1. The first-order valence-electron chi connectivity index (χ1n) is 6.85. The van der Waals surface area contributed by atoms with Crippen LogP contribution in [0, 0.1) is 5.82 Å². The fourth-order valence-corrected chi connectivity index (χ4v) is 2.72. The fraction of sp³-hybridized carbons (Fsp3) is 0.294. The lowest BCUT2D eigenvalue weighted by atomic mass is 9.99. The van der Waals surface area contributed by atoms with Gasteiger partial charge in [-0.15, -0.1) is 0 Å². The molecule has 1 aliphatic rings. The summed E-state index contributed by atoms with van der Waals surface area (Å²) in [7, 11) is 0. The van der Waals surface area contributed by atoms with Crippen molar-refractivity contribution < 1.29 is 4.39 Å². The molecule has 0 spiro atoms. The van der Waals surface area contributed by atoms with Crippen LogP contribution in [-0.2, 0) is 19.4 Å². The van der Waals surface area contributed by atoms with Crippen LogP contribution in [0.25, 0.3) is 0 Å². The van der Waals surface area contributed by atoms with Gasteiger partial charge in [-0.05, 0) is 41.7 Å². The van der Waals surface area contributed by atoms with E-state index < -0.39 is 0 Å². The smallest absolute Gasteiger partial charge is 0.123 e. The molecule has 1 heterocycles. The third kappa shape index (κ3) is 3.02. The average molecular weight is 255 g/mol. The third-order valence-electron chi connectivity index (χ3n) is 3.82. The van der Waals surface area contributed by atoms with Crippen molar-refractivity contribution in [3.05, 3.63) is 71.0 Å². The van der Waals surface area contributed by atoms with Gasteiger partial charge in [0.15, 0.2) is 0 Å². The van der Waals surface area contributed by atoms with E-state index in [1.54, 1.807) is 12.1 Å². The molecule has 98 valence electrons. The molecule has 3 rings (SSSR count). The highest BCUT2D eigenvalue weighted by Crippen LogP contribution is 2.18. The van der Waals surface area contributed by atoms with E-state index in [0.29, 0.717) is 0 Å². The van der Waals surface area contributed by atoms with Crippen LogP contribution in [0.15, 0.2) is 48.5 Å². The molecule has 2 aromatic carbocycles. The van der Waals surface area contributed by atoms with Gasteiger partial charge in [0.05, 0.1) is 0 Å². The summed E-state index contributed by atoms with van der Waals surface area (Å²) in [4.78, 5) is 2.45. The average Bonchev–Trinajstić information content (AvgIpc) is 2.45. The molecule has 0 amide bonds. The second-order valence-corrected chi connectivity index (χ2v) is 5.17. The molecular weight excluding hydrogens is 237 g/mol. The summed E-state index contributed by atoms with van der Waals surface area (Å²) in [5.41, 5.74) is 4.00. The highest BCUT2D eigenvalue weighted by Gasteiger charge is 2.15. The van der Waals surface area contributed by atoms with E-state index in [9.17, 15) is 4.39 Å². The van der Waals surface area contributed by atoms with Gasteiger partial charge in [-0.3, -0.25) is 4.90 Å². The first-order chi connectivity index (χ1) is 9.31. The molecule has 0 bridgehead atoms. The zero-order chi connectivity index (χ0) is 13.1. The van der Waals surface area contributed by atoms with E-state index in [2.05, 4.69) is 29.2 Å². The van der Waals surface area contributed by atoms with Crippen molar-refractivity contribution in [2.45, 2.75) is 19.4 Å². The summed E-state index contributed by atoms with van der Waals surface area (Å²) >= 11 is 0. The molecule has 0 radical (unpaired) electrons.